The molecule has 0 aliphatic carbocycles. The molecule has 2 rings (SSSR count). The third-order valence-electron chi connectivity index (χ3n) is 3.42. The molecule has 1 fully saturated rings. The van der Waals surface area contributed by atoms with Gasteiger partial charge in [-0.15, -0.1) is 0 Å². The predicted octanol–water partition coefficient (Wildman–Crippen LogP) is 0.795. The van der Waals surface area contributed by atoms with Gasteiger partial charge in [-0.1, -0.05) is 12.1 Å². The Morgan fingerprint density at radius 2 is 2.15 bits per heavy atom. The van der Waals surface area contributed by atoms with Gasteiger partial charge < -0.3 is 4.74 Å². The second-order valence-electron chi connectivity index (χ2n) is 5.16. The summed E-state index contributed by atoms with van der Waals surface area (Å²) in [4.78, 5) is 13.5. The van der Waals surface area contributed by atoms with E-state index in [0.717, 1.165) is 18.5 Å². The van der Waals surface area contributed by atoms with E-state index in [1.807, 2.05) is 7.05 Å². The first-order valence-corrected chi connectivity index (χ1v) is 6.67. The van der Waals surface area contributed by atoms with Crippen LogP contribution in [0.25, 0.3) is 0 Å². The van der Waals surface area contributed by atoms with Crippen molar-refractivity contribution in [2.75, 3.05) is 13.6 Å². The summed E-state index contributed by atoms with van der Waals surface area (Å²) in [6, 6.07) is 6.45. The van der Waals surface area contributed by atoms with Crippen molar-refractivity contribution < 1.29 is 13.9 Å². The molecule has 1 saturated heterocycles. The van der Waals surface area contributed by atoms with E-state index in [0.29, 0.717) is 13.0 Å². The maximum absolute atomic E-state index is 12.8. The Bertz CT molecular complexity index is 452. The zero-order chi connectivity index (χ0) is 14.5. The summed E-state index contributed by atoms with van der Waals surface area (Å²) in [5.41, 5.74) is 3.16. The van der Waals surface area contributed by atoms with Gasteiger partial charge in [-0.25, -0.2) is 10.2 Å². The normalized spacial score (nSPS) is 22.2. The van der Waals surface area contributed by atoms with Crippen LogP contribution in [0.4, 0.5) is 4.39 Å². The highest BCUT2D eigenvalue weighted by Gasteiger charge is 2.30. The lowest BCUT2D eigenvalue weighted by molar-refractivity contribution is -0.132. The number of nitrogens with one attached hydrogen (secondary N) is 1. The number of hydrogen-bond donors (Lipinski definition) is 2. The maximum Gasteiger partial charge on any atom is 0.263 e. The highest BCUT2D eigenvalue weighted by Crippen LogP contribution is 2.20. The fraction of sp³-hybridized carbons (Fsp3) is 0.500. The molecule has 0 radical (unpaired) electrons. The van der Waals surface area contributed by atoms with Crippen LogP contribution in [0.5, 0.6) is 0 Å². The molecule has 0 aromatic heterocycles. The number of likely N-dealkylation sites (N-methyl/N-ethyl adjacent to an activating group) is 1. The van der Waals surface area contributed by atoms with Gasteiger partial charge in [0.15, 0.2) is 0 Å². The average Bonchev–Trinajstić information content (AvgIpc) is 2.89. The summed E-state index contributed by atoms with van der Waals surface area (Å²) in [5.74, 6) is 4.59. The minimum absolute atomic E-state index is 0.0303. The van der Waals surface area contributed by atoms with Gasteiger partial charge in [-0.3, -0.25) is 15.1 Å². The first kappa shape index (κ1) is 14.9. The van der Waals surface area contributed by atoms with Gasteiger partial charge in [0.05, 0.1) is 6.10 Å². The lowest BCUT2D eigenvalue weighted by Crippen LogP contribution is -2.39. The Morgan fingerprint density at radius 3 is 2.80 bits per heavy atom. The standard InChI is InChI=1S/C14H20FN3O2/c1-18(8-10-2-4-11(15)5-3-10)9-12-6-7-13(20-12)14(19)17-16/h2-5,12-13H,6-9,16H2,1H3,(H,17,19). The molecule has 2 unspecified atom stereocenters. The molecule has 2 atom stereocenters. The topological polar surface area (TPSA) is 67.6 Å². The van der Waals surface area contributed by atoms with E-state index in [9.17, 15) is 9.18 Å². The summed E-state index contributed by atoms with van der Waals surface area (Å²) in [6.07, 6.45) is 1.12. The highest BCUT2D eigenvalue weighted by molar-refractivity contribution is 5.80. The molecule has 20 heavy (non-hydrogen) atoms. The third-order valence-corrected chi connectivity index (χ3v) is 3.42. The minimum Gasteiger partial charge on any atom is -0.364 e. The van der Waals surface area contributed by atoms with Gasteiger partial charge in [-0.05, 0) is 37.6 Å². The van der Waals surface area contributed by atoms with E-state index < -0.39 is 6.10 Å². The van der Waals surface area contributed by atoms with Crippen LogP contribution >= 0.6 is 0 Å². The Morgan fingerprint density at radius 1 is 1.45 bits per heavy atom. The SMILES string of the molecule is CN(Cc1ccc(F)cc1)CC1CCC(C(=O)NN)O1. The molecule has 1 heterocycles. The molecule has 0 bridgehead atoms. The molecule has 110 valence electrons. The van der Waals surface area contributed by atoms with Gasteiger partial charge in [0.25, 0.3) is 5.91 Å². The molecular weight excluding hydrogens is 261 g/mol. The second kappa shape index (κ2) is 6.78. The monoisotopic (exact) mass is 281 g/mol. The highest BCUT2D eigenvalue weighted by atomic mass is 19.1. The van der Waals surface area contributed by atoms with Crippen LogP contribution in [0.15, 0.2) is 24.3 Å². The molecule has 1 amide bonds. The third kappa shape index (κ3) is 4.00. The van der Waals surface area contributed by atoms with E-state index >= 15 is 0 Å². The van der Waals surface area contributed by atoms with Gasteiger partial charge in [-0.2, -0.15) is 0 Å². The number of benzene rings is 1. The summed E-state index contributed by atoms with van der Waals surface area (Å²) in [7, 11) is 1.98. The van der Waals surface area contributed by atoms with E-state index in [1.165, 1.54) is 12.1 Å². The smallest absolute Gasteiger partial charge is 0.263 e. The molecule has 1 aliphatic heterocycles. The number of carbonyl (C=O) groups excluding carboxylic acids is 1. The van der Waals surface area contributed by atoms with E-state index in [-0.39, 0.29) is 17.8 Å². The fourth-order valence-corrected chi connectivity index (χ4v) is 2.44. The van der Waals surface area contributed by atoms with Crippen molar-refractivity contribution in [2.24, 2.45) is 5.84 Å². The summed E-state index contributed by atoms with van der Waals surface area (Å²) in [5, 5.41) is 0. The van der Waals surface area contributed by atoms with Crippen LogP contribution in [0.2, 0.25) is 0 Å². The van der Waals surface area contributed by atoms with Crippen LogP contribution in [-0.2, 0) is 16.1 Å². The molecule has 1 aromatic rings. The zero-order valence-corrected chi connectivity index (χ0v) is 11.5. The molecule has 3 N–H and O–H groups in total. The van der Waals surface area contributed by atoms with Gasteiger partial charge in [0.2, 0.25) is 0 Å². The zero-order valence-electron chi connectivity index (χ0n) is 11.5. The van der Waals surface area contributed by atoms with Crippen LogP contribution in [0, 0.1) is 5.82 Å². The van der Waals surface area contributed by atoms with E-state index in [1.54, 1.807) is 12.1 Å². The van der Waals surface area contributed by atoms with Crippen LogP contribution < -0.4 is 11.3 Å². The molecule has 6 heteroatoms. The van der Waals surface area contributed by atoms with Crippen molar-refractivity contribution in [1.82, 2.24) is 10.3 Å². The van der Waals surface area contributed by atoms with Gasteiger partial charge in [0, 0.05) is 13.1 Å². The number of rotatable bonds is 5. The number of halogens is 1. The lowest BCUT2D eigenvalue weighted by atomic mass is 10.1. The molecule has 5 nitrogen and oxygen atoms in total. The minimum atomic E-state index is -0.441. The first-order chi connectivity index (χ1) is 9.58. The van der Waals surface area contributed by atoms with E-state index in [2.05, 4.69) is 10.3 Å². The number of nitrogens with zero attached hydrogens (tertiary/aromatic N) is 1. The van der Waals surface area contributed by atoms with Crippen molar-refractivity contribution in [2.45, 2.75) is 31.6 Å². The van der Waals surface area contributed by atoms with Crippen LogP contribution in [-0.4, -0.2) is 36.6 Å². The van der Waals surface area contributed by atoms with Crippen molar-refractivity contribution in [3.8, 4) is 0 Å². The van der Waals surface area contributed by atoms with Crippen molar-refractivity contribution >= 4 is 5.91 Å². The molecule has 0 saturated carbocycles. The first-order valence-electron chi connectivity index (χ1n) is 6.67. The Labute approximate surface area is 117 Å². The second-order valence-corrected chi connectivity index (χ2v) is 5.16. The number of hydrazine groups is 1. The number of ether oxygens (including phenoxy) is 1. The Balaban J connectivity index is 1.79. The van der Waals surface area contributed by atoms with Crippen LogP contribution in [0.1, 0.15) is 18.4 Å². The molecule has 1 aliphatic rings. The van der Waals surface area contributed by atoms with Gasteiger partial charge in [0.1, 0.15) is 11.9 Å². The summed E-state index contributed by atoms with van der Waals surface area (Å²) < 4.78 is 18.5. The fourth-order valence-electron chi connectivity index (χ4n) is 2.44. The van der Waals surface area contributed by atoms with Crippen molar-refractivity contribution in [3.05, 3.63) is 35.6 Å². The molecule has 0 spiro atoms. The number of hydrogen-bond acceptors (Lipinski definition) is 4. The van der Waals surface area contributed by atoms with E-state index in [4.69, 9.17) is 10.6 Å². The summed E-state index contributed by atoms with van der Waals surface area (Å²) >= 11 is 0. The van der Waals surface area contributed by atoms with Gasteiger partial charge >= 0.3 is 0 Å². The maximum atomic E-state index is 12.8. The predicted molar refractivity (Wildman–Crippen MR) is 73.0 cm³/mol. The Kier molecular flexibility index (Phi) is 5.05. The quantitative estimate of drug-likeness (QED) is 0.476. The van der Waals surface area contributed by atoms with Crippen molar-refractivity contribution in [3.63, 3.8) is 0 Å². The average molecular weight is 281 g/mol. The molecular formula is C14H20FN3O2. The van der Waals surface area contributed by atoms with Crippen LogP contribution in [0.3, 0.4) is 0 Å². The Hall–Kier alpha value is -1.50. The summed E-state index contributed by atoms with van der Waals surface area (Å²) in [6.45, 7) is 1.44. The largest absolute Gasteiger partial charge is 0.364 e. The number of nitrogens with two attached hydrogens (primary N) is 1. The lowest BCUT2D eigenvalue weighted by Gasteiger charge is -2.21. The molecule has 1 aromatic carbocycles. The number of carbonyl (C=O) groups is 1. The number of amides is 1. The van der Waals surface area contributed by atoms with Crippen molar-refractivity contribution in [1.29, 1.82) is 0 Å².